The van der Waals surface area contributed by atoms with Gasteiger partial charge in [-0.25, -0.2) is 0 Å². The summed E-state index contributed by atoms with van der Waals surface area (Å²) in [5, 5.41) is 7.07. The van der Waals surface area contributed by atoms with E-state index in [4.69, 9.17) is 0 Å². The molecule has 0 fully saturated rings. The normalized spacial score (nSPS) is 7.58. The predicted octanol–water partition coefficient (Wildman–Crippen LogP) is 0.361. The summed E-state index contributed by atoms with van der Waals surface area (Å²) in [7, 11) is 0. The standard InChI is InChI=1S/C6H6.C5H5N.C4H4N2.K.H/c3*1-2-4-6-5-3-1;;/h1-6H;1-5H;1-4H;;/q;;;+1;-1. The van der Waals surface area contributed by atoms with Crippen LogP contribution in [-0.4, -0.2) is 15.2 Å². The van der Waals surface area contributed by atoms with E-state index in [0.29, 0.717) is 0 Å². The molecule has 0 radical (unpaired) electrons. The molecular formula is C15H16KN3. The Morgan fingerprint density at radius 3 is 0.895 bits per heavy atom. The van der Waals surface area contributed by atoms with Crippen LogP contribution in [0.15, 0.2) is 91.5 Å². The maximum Gasteiger partial charge on any atom is 1.00 e. The molecule has 0 unspecified atom stereocenters. The molecule has 19 heavy (non-hydrogen) atoms. The van der Waals surface area contributed by atoms with E-state index >= 15 is 0 Å². The molecule has 0 N–H and O–H groups in total. The van der Waals surface area contributed by atoms with Crippen LogP contribution >= 0.6 is 0 Å². The van der Waals surface area contributed by atoms with Crippen LogP contribution in [0.3, 0.4) is 0 Å². The summed E-state index contributed by atoms with van der Waals surface area (Å²) in [5.74, 6) is 0. The largest absolute Gasteiger partial charge is 1.00 e. The van der Waals surface area contributed by atoms with Crippen LogP contribution < -0.4 is 51.4 Å². The first-order valence-corrected chi connectivity index (χ1v) is 5.57. The maximum atomic E-state index is 3.78. The summed E-state index contributed by atoms with van der Waals surface area (Å²) >= 11 is 0. The van der Waals surface area contributed by atoms with Gasteiger partial charge in [0.05, 0.1) is 0 Å². The second-order valence-electron chi connectivity index (χ2n) is 3.09. The summed E-state index contributed by atoms with van der Waals surface area (Å²) in [6.45, 7) is 0. The topological polar surface area (TPSA) is 38.7 Å². The van der Waals surface area contributed by atoms with Gasteiger partial charge in [-0.05, 0) is 24.3 Å². The molecule has 92 valence electrons. The van der Waals surface area contributed by atoms with Crippen molar-refractivity contribution in [2.24, 2.45) is 0 Å². The number of benzene rings is 1. The molecule has 0 bridgehead atoms. The van der Waals surface area contributed by atoms with Crippen molar-refractivity contribution in [3.8, 4) is 0 Å². The van der Waals surface area contributed by atoms with Crippen LogP contribution in [-0.2, 0) is 0 Å². The van der Waals surface area contributed by atoms with E-state index in [2.05, 4.69) is 15.2 Å². The first-order chi connectivity index (χ1) is 9.00. The molecule has 3 rings (SSSR count). The Balaban J connectivity index is 0. The third kappa shape index (κ3) is 13.3. The fourth-order valence-electron chi connectivity index (χ4n) is 0.951. The Morgan fingerprint density at radius 1 is 0.421 bits per heavy atom. The number of rotatable bonds is 0. The smallest absolute Gasteiger partial charge is 1.00 e. The number of nitrogens with zero attached hydrogens (tertiary/aromatic N) is 3. The van der Waals surface area contributed by atoms with E-state index in [1.54, 1.807) is 24.8 Å². The van der Waals surface area contributed by atoms with Gasteiger partial charge in [-0.2, -0.15) is 10.2 Å². The van der Waals surface area contributed by atoms with Gasteiger partial charge >= 0.3 is 51.4 Å². The quantitative estimate of drug-likeness (QED) is 0.557. The summed E-state index contributed by atoms with van der Waals surface area (Å²) < 4.78 is 0. The van der Waals surface area contributed by atoms with E-state index < -0.39 is 0 Å². The Bertz CT molecular complexity index is 314. The molecule has 0 saturated carbocycles. The van der Waals surface area contributed by atoms with Gasteiger partial charge in [-0.1, -0.05) is 42.5 Å². The van der Waals surface area contributed by atoms with Gasteiger partial charge in [0.25, 0.3) is 0 Å². The number of hydrogen-bond acceptors (Lipinski definition) is 3. The van der Waals surface area contributed by atoms with Crippen molar-refractivity contribution in [2.45, 2.75) is 0 Å². The number of hydrogen-bond donors (Lipinski definition) is 0. The second kappa shape index (κ2) is 15.1. The SMILES string of the molecule is [H-].[K+].c1ccccc1.c1ccncc1.c1ccnnc1. The van der Waals surface area contributed by atoms with Gasteiger partial charge in [-0.3, -0.25) is 4.98 Å². The van der Waals surface area contributed by atoms with Crippen molar-refractivity contribution in [1.29, 1.82) is 0 Å². The molecule has 2 aromatic heterocycles. The van der Waals surface area contributed by atoms with Crippen LogP contribution in [0, 0.1) is 0 Å². The Hall–Kier alpha value is -0.914. The molecule has 3 aromatic rings. The molecule has 0 saturated heterocycles. The summed E-state index contributed by atoms with van der Waals surface area (Å²) in [6.07, 6.45) is 6.78. The zero-order valence-electron chi connectivity index (χ0n) is 12.0. The number of aromatic nitrogens is 3. The van der Waals surface area contributed by atoms with Gasteiger partial charge < -0.3 is 1.43 Å². The maximum absolute atomic E-state index is 3.78. The van der Waals surface area contributed by atoms with E-state index in [1.807, 2.05) is 66.7 Å². The van der Waals surface area contributed by atoms with E-state index in [9.17, 15) is 0 Å². The average molecular weight is 277 g/mol. The van der Waals surface area contributed by atoms with Gasteiger partial charge in [0.15, 0.2) is 0 Å². The van der Waals surface area contributed by atoms with Crippen molar-refractivity contribution in [3.63, 3.8) is 0 Å². The van der Waals surface area contributed by atoms with Gasteiger partial charge in [0.1, 0.15) is 0 Å². The molecular weight excluding hydrogens is 261 g/mol. The zero-order chi connectivity index (χ0) is 12.7. The van der Waals surface area contributed by atoms with Crippen LogP contribution in [0.2, 0.25) is 0 Å². The van der Waals surface area contributed by atoms with E-state index in [-0.39, 0.29) is 52.8 Å². The zero-order valence-corrected chi connectivity index (χ0v) is 14.1. The third-order valence-electron chi connectivity index (χ3n) is 1.72. The molecule has 0 spiro atoms. The van der Waals surface area contributed by atoms with Crippen molar-refractivity contribution < 1.29 is 52.8 Å². The van der Waals surface area contributed by atoms with Gasteiger partial charge in [0, 0.05) is 24.8 Å². The van der Waals surface area contributed by atoms with Crippen molar-refractivity contribution >= 4 is 0 Å². The predicted molar refractivity (Wildman–Crippen MR) is 73.8 cm³/mol. The molecule has 0 aliphatic carbocycles. The molecule has 0 amide bonds. The minimum Gasteiger partial charge on any atom is -1.00 e. The van der Waals surface area contributed by atoms with Crippen molar-refractivity contribution in [1.82, 2.24) is 15.2 Å². The first kappa shape index (κ1) is 18.1. The summed E-state index contributed by atoms with van der Waals surface area (Å²) in [5.41, 5.74) is 0. The van der Waals surface area contributed by atoms with E-state index in [1.165, 1.54) is 0 Å². The molecule has 1 aromatic carbocycles. The van der Waals surface area contributed by atoms with Gasteiger partial charge in [-0.15, -0.1) is 0 Å². The van der Waals surface area contributed by atoms with Crippen molar-refractivity contribution in [2.75, 3.05) is 0 Å². The second-order valence-corrected chi connectivity index (χ2v) is 3.09. The minimum absolute atomic E-state index is 0. The molecule has 4 heteroatoms. The van der Waals surface area contributed by atoms with Crippen LogP contribution in [0.4, 0.5) is 0 Å². The minimum atomic E-state index is 0. The summed E-state index contributed by atoms with van der Waals surface area (Å²) in [4.78, 5) is 3.78. The molecule has 3 nitrogen and oxygen atoms in total. The van der Waals surface area contributed by atoms with Crippen LogP contribution in [0.1, 0.15) is 1.43 Å². The fraction of sp³-hybridized carbons (Fsp3) is 0. The van der Waals surface area contributed by atoms with Crippen molar-refractivity contribution in [3.05, 3.63) is 91.5 Å². The average Bonchev–Trinajstić information content (AvgIpc) is 2.54. The molecule has 2 heterocycles. The molecule has 0 aliphatic rings. The Labute approximate surface area is 158 Å². The van der Waals surface area contributed by atoms with E-state index in [0.717, 1.165) is 0 Å². The Morgan fingerprint density at radius 2 is 0.737 bits per heavy atom. The van der Waals surface area contributed by atoms with Crippen LogP contribution in [0.5, 0.6) is 0 Å². The van der Waals surface area contributed by atoms with Gasteiger partial charge in [0.2, 0.25) is 0 Å². The number of pyridine rings is 1. The first-order valence-electron chi connectivity index (χ1n) is 5.57. The van der Waals surface area contributed by atoms with Crippen LogP contribution in [0.25, 0.3) is 0 Å². The fourth-order valence-corrected chi connectivity index (χ4v) is 0.951. The molecule has 0 atom stereocenters. The molecule has 0 aliphatic heterocycles. The summed E-state index contributed by atoms with van der Waals surface area (Å²) in [6, 6.07) is 21.4. The monoisotopic (exact) mass is 277 g/mol. The third-order valence-corrected chi connectivity index (χ3v) is 1.72. The Kier molecular flexibility index (Phi) is 14.4.